The number of ether oxygens (including phenoxy) is 2. The molecule has 0 saturated carbocycles. The number of sulfonamides is 1. The van der Waals surface area contributed by atoms with Crippen LogP contribution in [-0.4, -0.2) is 35.3 Å². The van der Waals surface area contributed by atoms with Crippen molar-refractivity contribution in [2.24, 2.45) is 0 Å². The first kappa shape index (κ1) is 17.2. The first-order chi connectivity index (χ1) is 9.51. The van der Waals surface area contributed by atoms with E-state index in [1.54, 1.807) is 0 Å². The van der Waals surface area contributed by atoms with Gasteiger partial charge in [0.05, 0.1) is 23.1 Å². The molecule has 0 aliphatic heterocycles. The fraction of sp³-hybridized carbons (Fsp3) is 0.538. The van der Waals surface area contributed by atoms with Crippen LogP contribution in [0.4, 0.5) is 0 Å². The Balaban J connectivity index is 2.82. The van der Waals surface area contributed by atoms with Crippen LogP contribution in [0, 0.1) is 0 Å². The highest BCUT2D eigenvalue weighted by Gasteiger charge is 2.15. The highest BCUT2D eigenvalue weighted by molar-refractivity contribution is 7.89. The van der Waals surface area contributed by atoms with Crippen molar-refractivity contribution >= 4 is 21.6 Å². The molecule has 0 spiro atoms. The fourth-order valence-electron chi connectivity index (χ4n) is 1.45. The average molecular weight is 322 g/mol. The van der Waals surface area contributed by atoms with Crippen molar-refractivity contribution in [3.63, 3.8) is 0 Å². The zero-order valence-electron chi connectivity index (χ0n) is 11.7. The summed E-state index contributed by atoms with van der Waals surface area (Å²) in [6, 6.07) is 4.41. The maximum atomic E-state index is 12.0. The van der Waals surface area contributed by atoms with Gasteiger partial charge in [-0.3, -0.25) is 0 Å². The molecule has 0 aliphatic carbocycles. The van der Waals surface area contributed by atoms with Crippen molar-refractivity contribution in [1.29, 1.82) is 0 Å². The largest absolute Gasteiger partial charge is 0.492 e. The lowest BCUT2D eigenvalue weighted by molar-refractivity contribution is 0.204. The Kier molecular flexibility index (Phi) is 7.29. The molecule has 0 atom stereocenters. The van der Waals surface area contributed by atoms with E-state index in [0.717, 1.165) is 12.8 Å². The average Bonchev–Trinajstić information content (AvgIpc) is 2.41. The Morgan fingerprint density at radius 1 is 1.30 bits per heavy atom. The summed E-state index contributed by atoms with van der Waals surface area (Å²) in [5.41, 5.74) is 0. The van der Waals surface area contributed by atoms with Crippen LogP contribution in [0.2, 0.25) is 5.02 Å². The molecule has 1 N–H and O–H groups in total. The van der Waals surface area contributed by atoms with Crippen LogP contribution in [0.15, 0.2) is 23.1 Å². The van der Waals surface area contributed by atoms with E-state index in [4.69, 9.17) is 21.1 Å². The molecule has 0 bridgehead atoms. The minimum atomic E-state index is -3.57. The standard InChI is InChI=1S/C13H20ClNO4S/c1-3-4-8-19-13-10-11(5-6-12(13)14)20(16,17)15-7-9-18-2/h5-6,10,15H,3-4,7-9H2,1-2H3. The predicted molar refractivity (Wildman–Crippen MR) is 78.9 cm³/mol. The maximum absolute atomic E-state index is 12.0. The summed E-state index contributed by atoms with van der Waals surface area (Å²) in [6.07, 6.45) is 1.88. The van der Waals surface area contributed by atoms with Gasteiger partial charge in [-0.05, 0) is 18.6 Å². The number of hydrogen-bond donors (Lipinski definition) is 1. The van der Waals surface area contributed by atoms with Gasteiger partial charge in [-0.25, -0.2) is 13.1 Å². The first-order valence-electron chi connectivity index (χ1n) is 6.42. The van der Waals surface area contributed by atoms with Crippen LogP contribution in [0.25, 0.3) is 0 Å². The monoisotopic (exact) mass is 321 g/mol. The summed E-state index contributed by atoms with van der Waals surface area (Å²) in [5.74, 6) is 0.384. The Hall–Kier alpha value is -0.820. The van der Waals surface area contributed by atoms with E-state index >= 15 is 0 Å². The minimum absolute atomic E-state index is 0.129. The SMILES string of the molecule is CCCCOc1cc(S(=O)(=O)NCCOC)ccc1Cl. The number of hydrogen-bond acceptors (Lipinski definition) is 4. The predicted octanol–water partition coefficient (Wildman–Crippen LogP) is 2.44. The topological polar surface area (TPSA) is 64.6 Å². The molecule has 20 heavy (non-hydrogen) atoms. The fourth-order valence-corrected chi connectivity index (χ4v) is 2.65. The molecule has 1 rings (SSSR count). The van der Waals surface area contributed by atoms with Crippen molar-refractivity contribution in [1.82, 2.24) is 4.72 Å². The molecule has 0 amide bonds. The van der Waals surface area contributed by atoms with E-state index in [1.807, 2.05) is 6.92 Å². The number of unbranched alkanes of at least 4 members (excludes halogenated alkanes) is 1. The molecule has 1 aromatic carbocycles. The Morgan fingerprint density at radius 2 is 2.05 bits per heavy atom. The van der Waals surface area contributed by atoms with E-state index < -0.39 is 10.0 Å². The summed E-state index contributed by atoms with van der Waals surface area (Å²) in [4.78, 5) is 0.129. The van der Waals surface area contributed by atoms with E-state index in [-0.39, 0.29) is 11.4 Å². The Bertz CT molecular complexity index is 519. The van der Waals surface area contributed by atoms with Gasteiger partial charge in [0.25, 0.3) is 0 Å². The van der Waals surface area contributed by atoms with Crippen molar-refractivity contribution in [2.45, 2.75) is 24.7 Å². The molecule has 0 heterocycles. The third-order valence-corrected chi connectivity index (χ3v) is 4.34. The molecular weight excluding hydrogens is 302 g/mol. The van der Waals surface area contributed by atoms with E-state index in [0.29, 0.717) is 24.0 Å². The quantitative estimate of drug-likeness (QED) is 0.710. The number of rotatable bonds is 9. The second-order valence-corrected chi connectivity index (χ2v) is 6.36. The zero-order valence-corrected chi connectivity index (χ0v) is 13.3. The molecular formula is C13H20ClNO4S. The Labute approximate surface area is 125 Å². The molecule has 0 radical (unpaired) electrons. The molecule has 114 valence electrons. The number of nitrogens with one attached hydrogen (secondary N) is 1. The highest BCUT2D eigenvalue weighted by Crippen LogP contribution is 2.27. The second kappa shape index (κ2) is 8.46. The zero-order chi connectivity index (χ0) is 15.0. The van der Waals surface area contributed by atoms with Crippen LogP contribution < -0.4 is 9.46 Å². The molecule has 7 heteroatoms. The smallest absolute Gasteiger partial charge is 0.240 e. The summed E-state index contributed by atoms with van der Waals surface area (Å²) in [5, 5.41) is 0.400. The summed E-state index contributed by atoms with van der Waals surface area (Å²) < 4.78 is 36.8. The van der Waals surface area contributed by atoms with Gasteiger partial charge in [-0.15, -0.1) is 0 Å². The third-order valence-electron chi connectivity index (χ3n) is 2.57. The van der Waals surface area contributed by atoms with Gasteiger partial charge < -0.3 is 9.47 Å². The van der Waals surface area contributed by atoms with Crippen LogP contribution in [0.1, 0.15) is 19.8 Å². The number of methoxy groups -OCH3 is 1. The van der Waals surface area contributed by atoms with E-state index in [9.17, 15) is 8.42 Å². The van der Waals surface area contributed by atoms with Crippen LogP contribution in [-0.2, 0) is 14.8 Å². The summed E-state index contributed by atoms with van der Waals surface area (Å²) in [7, 11) is -2.06. The summed E-state index contributed by atoms with van der Waals surface area (Å²) in [6.45, 7) is 3.09. The summed E-state index contributed by atoms with van der Waals surface area (Å²) >= 11 is 5.99. The van der Waals surface area contributed by atoms with Gasteiger partial charge in [-0.1, -0.05) is 24.9 Å². The van der Waals surface area contributed by atoms with Crippen molar-refractivity contribution in [3.8, 4) is 5.75 Å². The van der Waals surface area contributed by atoms with E-state index in [1.165, 1.54) is 25.3 Å². The van der Waals surface area contributed by atoms with Gasteiger partial charge in [0.1, 0.15) is 5.75 Å². The molecule has 0 fully saturated rings. The van der Waals surface area contributed by atoms with E-state index in [2.05, 4.69) is 4.72 Å². The van der Waals surface area contributed by atoms with Gasteiger partial charge in [-0.2, -0.15) is 0 Å². The second-order valence-electron chi connectivity index (χ2n) is 4.18. The van der Waals surface area contributed by atoms with Gasteiger partial charge >= 0.3 is 0 Å². The molecule has 5 nitrogen and oxygen atoms in total. The maximum Gasteiger partial charge on any atom is 0.240 e. The van der Waals surface area contributed by atoms with Crippen molar-refractivity contribution in [2.75, 3.05) is 26.9 Å². The van der Waals surface area contributed by atoms with Crippen molar-refractivity contribution < 1.29 is 17.9 Å². The molecule has 0 unspecified atom stereocenters. The van der Waals surface area contributed by atoms with Crippen molar-refractivity contribution in [3.05, 3.63) is 23.2 Å². The van der Waals surface area contributed by atoms with Gasteiger partial charge in [0.15, 0.2) is 0 Å². The molecule has 0 saturated heterocycles. The Morgan fingerprint density at radius 3 is 2.70 bits per heavy atom. The van der Waals surface area contributed by atoms with Crippen LogP contribution in [0.3, 0.4) is 0 Å². The van der Waals surface area contributed by atoms with Gasteiger partial charge in [0, 0.05) is 19.7 Å². The molecule has 0 aromatic heterocycles. The lowest BCUT2D eigenvalue weighted by atomic mass is 10.3. The normalized spacial score (nSPS) is 11.6. The minimum Gasteiger partial charge on any atom is -0.492 e. The molecule has 1 aromatic rings. The van der Waals surface area contributed by atoms with Crippen LogP contribution >= 0.6 is 11.6 Å². The lowest BCUT2D eigenvalue weighted by Gasteiger charge is -2.11. The first-order valence-corrected chi connectivity index (χ1v) is 8.28. The lowest BCUT2D eigenvalue weighted by Crippen LogP contribution is -2.27. The van der Waals surface area contributed by atoms with Crippen LogP contribution in [0.5, 0.6) is 5.75 Å². The number of benzene rings is 1. The molecule has 0 aliphatic rings. The highest BCUT2D eigenvalue weighted by atomic mass is 35.5. The number of halogens is 1. The van der Waals surface area contributed by atoms with Gasteiger partial charge in [0.2, 0.25) is 10.0 Å². The third kappa shape index (κ3) is 5.28.